The molecule has 0 unspecified atom stereocenters. The second-order valence-electron chi connectivity index (χ2n) is 6.27. The van der Waals surface area contributed by atoms with Crippen molar-refractivity contribution in [2.24, 2.45) is 5.92 Å². The molecule has 1 heterocycles. The molecular weight excluding hydrogens is 289 g/mol. The van der Waals surface area contributed by atoms with Crippen molar-refractivity contribution in [1.29, 1.82) is 5.26 Å². The van der Waals surface area contributed by atoms with Crippen molar-refractivity contribution in [2.75, 3.05) is 0 Å². The van der Waals surface area contributed by atoms with Crippen LogP contribution in [0, 0.1) is 23.1 Å². The van der Waals surface area contributed by atoms with Gasteiger partial charge in [0.05, 0.1) is 5.56 Å². The van der Waals surface area contributed by atoms with Gasteiger partial charge in [0, 0.05) is 18.0 Å². The van der Waals surface area contributed by atoms with Gasteiger partial charge in [0.1, 0.15) is 11.9 Å². The zero-order chi connectivity index (χ0) is 16.2. The van der Waals surface area contributed by atoms with Gasteiger partial charge in [0.2, 0.25) is 0 Å². The Morgan fingerprint density at radius 3 is 2.43 bits per heavy atom. The number of benzene rings is 1. The van der Waals surface area contributed by atoms with Crippen molar-refractivity contribution in [1.82, 2.24) is 9.97 Å². The summed E-state index contributed by atoms with van der Waals surface area (Å²) in [6, 6.07) is 6.29. The molecule has 1 aromatic carbocycles. The summed E-state index contributed by atoms with van der Waals surface area (Å²) in [6.07, 6.45) is 9.98. The summed E-state index contributed by atoms with van der Waals surface area (Å²) in [5, 5.41) is 8.78. The van der Waals surface area contributed by atoms with Gasteiger partial charge in [-0.05, 0) is 61.3 Å². The van der Waals surface area contributed by atoms with Crippen molar-refractivity contribution in [3.05, 3.63) is 47.5 Å². The Labute approximate surface area is 136 Å². The SMILES string of the molecule is CC[C@H]1CC[C@H](c2cnc(-c3ccc(C#N)c(F)c3)nc2)CC1. The van der Waals surface area contributed by atoms with E-state index in [4.69, 9.17) is 5.26 Å². The molecule has 1 aliphatic carbocycles. The Morgan fingerprint density at radius 1 is 1.17 bits per heavy atom. The fraction of sp³-hybridized carbons (Fsp3) is 0.421. The molecule has 0 amide bonds. The van der Waals surface area contributed by atoms with E-state index in [0.29, 0.717) is 17.3 Å². The number of nitriles is 1. The second-order valence-corrected chi connectivity index (χ2v) is 6.27. The molecule has 3 rings (SSSR count). The third-order valence-electron chi connectivity index (χ3n) is 4.92. The average molecular weight is 309 g/mol. The Balaban J connectivity index is 1.75. The molecular formula is C19H20FN3. The molecule has 1 aromatic heterocycles. The molecule has 1 aliphatic rings. The van der Waals surface area contributed by atoms with E-state index in [9.17, 15) is 4.39 Å². The van der Waals surface area contributed by atoms with Gasteiger partial charge in [-0.2, -0.15) is 5.26 Å². The van der Waals surface area contributed by atoms with E-state index in [1.807, 2.05) is 18.5 Å². The highest BCUT2D eigenvalue weighted by Crippen LogP contribution is 2.36. The predicted molar refractivity (Wildman–Crippen MR) is 87.1 cm³/mol. The molecule has 23 heavy (non-hydrogen) atoms. The summed E-state index contributed by atoms with van der Waals surface area (Å²) in [5.41, 5.74) is 1.82. The van der Waals surface area contributed by atoms with E-state index in [0.717, 1.165) is 5.92 Å². The van der Waals surface area contributed by atoms with Gasteiger partial charge in [-0.3, -0.25) is 0 Å². The lowest BCUT2D eigenvalue weighted by Gasteiger charge is -2.27. The number of aromatic nitrogens is 2. The summed E-state index contributed by atoms with van der Waals surface area (Å²) in [4.78, 5) is 8.80. The van der Waals surface area contributed by atoms with Crippen molar-refractivity contribution in [2.45, 2.75) is 44.9 Å². The average Bonchev–Trinajstić information content (AvgIpc) is 2.62. The van der Waals surface area contributed by atoms with E-state index >= 15 is 0 Å². The fourth-order valence-electron chi connectivity index (χ4n) is 3.35. The highest BCUT2D eigenvalue weighted by molar-refractivity contribution is 5.56. The molecule has 0 radical (unpaired) electrons. The first-order valence-corrected chi connectivity index (χ1v) is 8.23. The first-order valence-electron chi connectivity index (χ1n) is 8.23. The van der Waals surface area contributed by atoms with E-state index in [1.54, 1.807) is 6.07 Å². The van der Waals surface area contributed by atoms with Crippen molar-refractivity contribution < 1.29 is 4.39 Å². The van der Waals surface area contributed by atoms with Crippen LogP contribution in [0.25, 0.3) is 11.4 Å². The van der Waals surface area contributed by atoms with Crippen LogP contribution in [-0.4, -0.2) is 9.97 Å². The van der Waals surface area contributed by atoms with Gasteiger partial charge < -0.3 is 0 Å². The van der Waals surface area contributed by atoms with Gasteiger partial charge in [-0.25, -0.2) is 14.4 Å². The van der Waals surface area contributed by atoms with E-state index < -0.39 is 5.82 Å². The molecule has 1 fully saturated rings. The molecule has 0 N–H and O–H groups in total. The minimum Gasteiger partial charge on any atom is -0.236 e. The second kappa shape index (κ2) is 6.87. The lowest BCUT2D eigenvalue weighted by molar-refractivity contribution is 0.318. The molecule has 0 aliphatic heterocycles. The van der Waals surface area contributed by atoms with Gasteiger partial charge in [0.25, 0.3) is 0 Å². The monoisotopic (exact) mass is 309 g/mol. The molecule has 1 saturated carbocycles. The Hall–Kier alpha value is -2.28. The van der Waals surface area contributed by atoms with Gasteiger partial charge in [0.15, 0.2) is 5.82 Å². The molecule has 4 heteroatoms. The third-order valence-corrected chi connectivity index (χ3v) is 4.92. The number of hydrogen-bond acceptors (Lipinski definition) is 3. The molecule has 0 atom stereocenters. The summed E-state index contributed by atoms with van der Waals surface area (Å²) in [7, 11) is 0. The first kappa shape index (κ1) is 15.6. The first-order chi connectivity index (χ1) is 11.2. The van der Waals surface area contributed by atoms with Crippen LogP contribution >= 0.6 is 0 Å². The summed E-state index contributed by atoms with van der Waals surface area (Å²) < 4.78 is 13.7. The van der Waals surface area contributed by atoms with Crippen LogP contribution < -0.4 is 0 Å². The summed E-state index contributed by atoms with van der Waals surface area (Å²) in [6.45, 7) is 2.26. The van der Waals surface area contributed by atoms with Gasteiger partial charge >= 0.3 is 0 Å². The normalized spacial score (nSPS) is 20.9. The Morgan fingerprint density at radius 2 is 1.87 bits per heavy atom. The number of hydrogen-bond donors (Lipinski definition) is 0. The van der Waals surface area contributed by atoms with Crippen LogP contribution in [0.5, 0.6) is 0 Å². The number of nitrogens with zero attached hydrogens (tertiary/aromatic N) is 3. The quantitative estimate of drug-likeness (QED) is 0.815. The molecule has 0 saturated heterocycles. The van der Waals surface area contributed by atoms with Crippen LogP contribution in [0.3, 0.4) is 0 Å². The Bertz CT molecular complexity index is 710. The van der Waals surface area contributed by atoms with Crippen molar-refractivity contribution in [3.8, 4) is 17.5 Å². The summed E-state index contributed by atoms with van der Waals surface area (Å²) in [5.74, 6) is 1.38. The molecule has 3 nitrogen and oxygen atoms in total. The van der Waals surface area contributed by atoms with E-state index in [1.165, 1.54) is 49.8 Å². The molecule has 0 spiro atoms. The minimum atomic E-state index is -0.532. The van der Waals surface area contributed by atoms with Gasteiger partial charge in [-0.15, -0.1) is 0 Å². The number of rotatable bonds is 3. The van der Waals surface area contributed by atoms with Crippen molar-refractivity contribution >= 4 is 0 Å². The van der Waals surface area contributed by atoms with Gasteiger partial charge in [-0.1, -0.05) is 13.3 Å². The van der Waals surface area contributed by atoms with Crippen LogP contribution in [0.2, 0.25) is 0 Å². The third kappa shape index (κ3) is 3.39. The lowest BCUT2D eigenvalue weighted by atomic mass is 9.78. The largest absolute Gasteiger partial charge is 0.236 e. The van der Waals surface area contributed by atoms with Crippen LogP contribution in [0.15, 0.2) is 30.6 Å². The standard InChI is InChI=1S/C19H20FN3/c1-2-13-3-5-14(6-4-13)17-11-22-19(23-12-17)15-7-8-16(10-21)18(20)9-15/h7-9,11-14H,2-6H2,1H3/t13-,14-. The fourth-order valence-corrected chi connectivity index (χ4v) is 3.35. The van der Waals surface area contributed by atoms with Crippen LogP contribution in [0.4, 0.5) is 4.39 Å². The molecule has 0 bridgehead atoms. The smallest absolute Gasteiger partial charge is 0.159 e. The molecule has 118 valence electrons. The maximum Gasteiger partial charge on any atom is 0.159 e. The zero-order valence-corrected chi connectivity index (χ0v) is 13.3. The molecule has 2 aromatic rings. The van der Waals surface area contributed by atoms with Crippen LogP contribution in [0.1, 0.15) is 56.1 Å². The zero-order valence-electron chi connectivity index (χ0n) is 13.3. The van der Waals surface area contributed by atoms with Crippen LogP contribution in [-0.2, 0) is 0 Å². The van der Waals surface area contributed by atoms with E-state index in [-0.39, 0.29) is 5.56 Å². The highest BCUT2D eigenvalue weighted by Gasteiger charge is 2.21. The van der Waals surface area contributed by atoms with Crippen molar-refractivity contribution in [3.63, 3.8) is 0 Å². The Kier molecular flexibility index (Phi) is 4.66. The summed E-state index contributed by atoms with van der Waals surface area (Å²) >= 11 is 0. The maximum absolute atomic E-state index is 13.7. The van der Waals surface area contributed by atoms with E-state index in [2.05, 4.69) is 16.9 Å². The minimum absolute atomic E-state index is 0.0399. The number of halogens is 1. The highest BCUT2D eigenvalue weighted by atomic mass is 19.1. The predicted octanol–water partition coefficient (Wildman–Crippen LogP) is 4.84. The lowest BCUT2D eigenvalue weighted by Crippen LogP contribution is -2.13. The topological polar surface area (TPSA) is 49.6 Å². The maximum atomic E-state index is 13.7.